The highest BCUT2D eigenvalue weighted by Gasteiger charge is 2.27. The van der Waals surface area contributed by atoms with E-state index in [1.165, 1.54) is 6.33 Å². The van der Waals surface area contributed by atoms with Crippen molar-refractivity contribution in [1.82, 2.24) is 19.9 Å². The Morgan fingerprint density at radius 2 is 2.25 bits per heavy atom. The molecule has 3 rings (SSSR count). The van der Waals surface area contributed by atoms with E-state index in [2.05, 4.69) is 15.0 Å². The number of likely N-dealkylation sites (tertiary alicyclic amines) is 1. The Balaban J connectivity index is 1.69. The molecule has 1 unspecified atom stereocenters. The van der Waals surface area contributed by atoms with Gasteiger partial charge in [0, 0.05) is 25.0 Å². The SMILES string of the molecule is CCOc1ncccc1C(=O)N1CCCC(Oc2ccncn2)C1. The Bertz CT molecular complexity index is 681. The third-order valence-corrected chi connectivity index (χ3v) is 3.79. The lowest BCUT2D eigenvalue weighted by Crippen LogP contribution is -2.44. The molecule has 7 heteroatoms. The van der Waals surface area contributed by atoms with Crippen molar-refractivity contribution in [3.8, 4) is 11.8 Å². The van der Waals surface area contributed by atoms with Gasteiger partial charge < -0.3 is 14.4 Å². The van der Waals surface area contributed by atoms with Crippen molar-refractivity contribution in [2.45, 2.75) is 25.9 Å². The highest BCUT2D eigenvalue weighted by Crippen LogP contribution is 2.21. The molecule has 24 heavy (non-hydrogen) atoms. The van der Waals surface area contributed by atoms with Crippen molar-refractivity contribution < 1.29 is 14.3 Å². The lowest BCUT2D eigenvalue weighted by Gasteiger charge is -2.32. The Kier molecular flexibility index (Phi) is 5.20. The van der Waals surface area contributed by atoms with Crippen molar-refractivity contribution >= 4 is 5.91 Å². The molecule has 0 radical (unpaired) electrons. The molecule has 1 saturated heterocycles. The first-order valence-corrected chi connectivity index (χ1v) is 8.07. The zero-order valence-corrected chi connectivity index (χ0v) is 13.6. The number of carbonyl (C=O) groups excluding carboxylic acids is 1. The molecule has 0 saturated carbocycles. The molecule has 1 fully saturated rings. The number of hydrogen-bond acceptors (Lipinski definition) is 6. The van der Waals surface area contributed by atoms with Gasteiger partial charge in [0.05, 0.1) is 13.2 Å². The number of amides is 1. The highest BCUT2D eigenvalue weighted by molar-refractivity contribution is 5.96. The third-order valence-electron chi connectivity index (χ3n) is 3.79. The fraction of sp³-hybridized carbons (Fsp3) is 0.412. The van der Waals surface area contributed by atoms with E-state index in [1.807, 2.05) is 6.92 Å². The number of hydrogen-bond donors (Lipinski definition) is 0. The van der Waals surface area contributed by atoms with Crippen LogP contribution in [0.4, 0.5) is 0 Å². The maximum absolute atomic E-state index is 12.8. The van der Waals surface area contributed by atoms with Crippen molar-refractivity contribution in [2.24, 2.45) is 0 Å². The molecule has 1 aliphatic heterocycles. The molecule has 1 atom stereocenters. The summed E-state index contributed by atoms with van der Waals surface area (Å²) in [6, 6.07) is 5.21. The quantitative estimate of drug-likeness (QED) is 0.835. The van der Waals surface area contributed by atoms with Crippen LogP contribution in [0.1, 0.15) is 30.1 Å². The van der Waals surface area contributed by atoms with Crippen molar-refractivity contribution in [2.75, 3.05) is 19.7 Å². The predicted octanol–water partition coefficient (Wildman–Crippen LogP) is 1.95. The number of pyridine rings is 1. The second kappa shape index (κ2) is 7.72. The van der Waals surface area contributed by atoms with Gasteiger partial charge >= 0.3 is 0 Å². The summed E-state index contributed by atoms with van der Waals surface area (Å²) in [5.74, 6) is 0.826. The Morgan fingerprint density at radius 1 is 1.33 bits per heavy atom. The number of rotatable bonds is 5. The predicted molar refractivity (Wildman–Crippen MR) is 87.0 cm³/mol. The largest absolute Gasteiger partial charge is 0.477 e. The maximum atomic E-state index is 12.8. The van der Waals surface area contributed by atoms with Crippen LogP contribution in [0.3, 0.4) is 0 Å². The number of ether oxygens (including phenoxy) is 2. The van der Waals surface area contributed by atoms with E-state index in [1.54, 1.807) is 35.5 Å². The number of carbonyl (C=O) groups is 1. The van der Waals surface area contributed by atoms with Gasteiger partial charge in [0.15, 0.2) is 0 Å². The summed E-state index contributed by atoms with van der Waals surface area (Å²) >= 11 is 0. The maximum Gasteiger partial charge on any atom is 0.259 e. The van der Waals surface area contributed by atoms with Gasteiger partial charge in [-0.2, -0.15) is 0 Å². The van der Waals surface area contributed by atoms with Gasteiger partial charge in [0.1, 0.15) is 18.0 Å². The summed E-state index contributed by atoms with van der Waals surface area (Å²) in [4.78, 5) is 26.7. The van der Waals surface area contributed by atoms with Gasteiger partial charge in [-0.1, -0.05) is 0 Å². The first kappa shape index (κ1) is 16.2. The van der Waals surface area contributed by atoms with E-state index in [0.29, 0.717) is 37.0 Å². The molecule has 3 heterocycles. The monoisotopic (exact) mass is 328 g/mol. The van der Waals surface area contributed by atoms with Gasteiger partial charge in [-0.25, -0.2) is 15.0 Å². The van der Waals surface area contributed by atoms with Crippen LogP contribution in [0, 0.1) is 0 Å². The second-order valence-corrected chi connectivity index (χ2v) is 5.47. The second-order valence-electron chi connectivity index (χ2n) is 5.47. The minimum atomic E-state index is -0.0810. The standard InChI is InChI=1S/C17H20N4O3/c1-2-23-16-14(6-3-8-19-16)17(22)21-10-4-5-13(11-21)24-15-7-9-18-12-20-15/h3,6-9,12-13H,2,4-5,10-11H2,1H3. The van der Waals surface area contributed by atoms with Crippen LogP contribution in [-0.4, -0.2) is 51.6 Å². The zero-order chi connectivity index (χ0) is 16.8. The Morgan fingerprint density at radius 3 is 3.04 bits per heavy atom. The van der Waals surface area contributed by atoms with Crippen LogP contribution in [0.25, 0.3) is 0 Å². The van der Waals surface area contributed by atoms with E-state index >= 15 is 0 Å². The number of nitrogens with zero attached hydrogens (tertiary/aromatic N) is 4. The van der Waals surface area contributed by atoms with Crippen LogP contribution in [0.15, 0.2) is 36.9 Å². The van der Waals surface area contributed by atoms with Crippen LogP contribution in [-0.2, 0) is 0 Å². The van der Waals surface area contributed by atoms with Crippen LogP contribution >= 0.6 is 0 Å². The molecule has 2 aromatic rings. The highest BCUT2D eigenvalue weighted by atomic mass is 16.5. The lowest BCUT2D eigenvalue weighted by atomic mass is 10.1. The summed E-state index contributed by atoms with van der Waals surface area (Å²) in [6.45, 7) is 3.55. The molecular formula is C17H20N4O3. The average Bonchev–Trinajstić information content (AvgIpc) is 2.63. The smallest absolute Gasteiger partial charge is 0.259 e. The summed E-state index contributed by atoms with van der Waals surface area (Å²) in [5.41, 5.74) is 0.488. The molecule has 1 aliphatic rings. The summed E-state index contributed by atoms with van der Waals surface area (Å²) < 4.78 is 11.3. The van der Waals surface area contributed by atoms with Crippen molar-refractivity contribution in [1.29, 1.82) is 0 Å². The minimum Gasteiger partial charge on any atom is -0.477 e. The molecule has 0 aliphatic carbocycles. The first-order valence-electron chi connectivity index (χ1n) is 8.07. The van der Waals surface area contributed by atoms with Crippen molar-refractivity contribution in [3.63, 3.8) is 0 Å². The van der Waals surface area contributed by atoms with Crippen molar-refractivity contribution in [3.05, 3.63) is 42.5 Å². The average molecular weight is 328 g/mol. The van der Waals surface area contributed by atoms with Gasteiger partial charge in [-0.15, -0.1) is 0 Å². The van der Waals surface area contributed by atoms with Gasteiger partial charge in [0.25, 0.3) is 5.91 Å². The normalized spacial score (nSPS) is 17.4. The van der Waals surface area contributed by atoms with E-state index in [4.69, 9.17) is 9.47 Å². The molecular weight excluding hydrogens is 308 g/mol. The van der Waals surface area contributed by atoms with E-state index < -0.39 is 0 Å². The van der Waals surface area contributed by atoms with Crippen LogP contribution < -0.4 is 9.47 Å². The minimum absolute atomic E-state index is 0.0789. The Hall–Kier alpha value is -2.70. The van der Waals surface area contributed by atoms with Gasteiger partial charge in [-0.05, 0) is 31.9 Å². The summed E-state index contributed by atoms with van der Waals surface area (Å²) in [6.07, 6.45) is 6.40. The summed E-state index contributed by atoms with van der Waals surface area (Å²) in [5, 5.41) is 0. The van der Waals surface area contributed by atoms with E-state index in [-0.39, 0.29) is 12.0 Å². The van der Waals surface area contributed by atoms with Crippen LogP contribution in [0.5, 0.6) is 11.8 Å². The van der Waals surface area contributed by atoms with Gasteiger partial charge in [-0.3, -0.25) is 4.79 Å². The molecule has 0 spiro atoms. The molecule has 126 valence electrons. The summed E-state index contributed by atoms with van der Waals surface area (Å²) in [7, 11) is 0. The molecule has 7 nitrogen and oxygen atoms in total. The number of aromatic nitrogens is 3. The van der Waals surface area contributed by atoms with Crippen LogP contribution in [0.2, 0.25) is 0 Å². The molecule has 1 amide bonds. The third kappa shape index (κ3) is 3.79. The lowest BCUT2D eigenvalue weighted by molar-refractivity contribution is 0.0523. The fourth-order valence-electron chi connectivity index (χ4n) is 2.71. The molecule has 0 bridgehead atoms. The fourth-order valence-corrected chi connectivity index (χ4v) is 2.71. The van der Waals surface area contributed by atoms with E-state index in [9.17, 15) is 4.79 Å². The molecule has 0 N–H and O–H groups in total. The Labute approximate surface area is 140 Å². The molecule has 0 aromatic carbocycles. The van der Waals surface area contributed by atoms with E-state index in [0.717, 1.165) is 12.8 Å². The zero-order valence-electron chi connectivity index (χ0n) is 13.6. The molecule has 2 aromatic heterocycles. The van der Waals surface area contributed by atoms with Gasteiger partial charge in [0.2, 0.25) is 11.8 Å². The number of piperidine rings is 1. The topological polar surface area (TPSA) is 77.4 Å². The first-order chi connectivity index (χ1) is 11.8.